The molecule has 0 aromatic carbocycles. The van der Waals surface area contributed by atoms with Gasteiger partial charge in [-0.1, -0.05) is 36.5 Å². The van der Waals surface area contributed by atoms with Crippen LogP contribution in [-0.2, 0) is 12.8 Å². The molecule has 102 valence electrons. The summed E-state index contributed by atoms with van der Waals surface area (Å²) in [6.07, 6.45) is 4.31. The number of halogens is 2. The van der Waals surface area contributed by atoms with E-state index in [2.05, 4.69) is 28.3 Å². The Bertz CT molecular complexity index is 542. The molecule has 0 atom stereocenters. The van der Waals surface area contributed by atoms with Gasteiger partial charge in [0.1, 0.15) is 17.3 Å². The Balaban J connectivity index is 1.97. The normalized spacial score (nSPS) is 10.7. The van der Waals surface area contributed by atoms with Gasteiger partial charge in [0.25, 0.3) is 0 Å². The first-order chi connectivity index (χ1) is 9.20. The van der Waals surface area contributed by atoms with Crippen molar-refractivity contribution in [2.24, 2.45) is 0 Å². The van der Waals surface area contributed by atoms with Gasteiger partial charge in [-0.2, -0.15) is 0 Å². The summed E-state index contributed by atoms with van der Waals surface area (Å²) in [4.78, 5) is 9.55. The smallest absolute Gasteiger partial charge is 0.137 e. The number of thiophene rings is 1. The van der Waals surface area contributed by atoms with Crippen LogP contribution in [0, 0.1) is 0 Å². The monoisotopic (exact) mass is 315 g/mol. The van der Waals surface area contributed by atoms with Crippen LogP contribution < -0.4 is 5.32 Å². The number of nitrogens with zero attached hydrogens (tertiary/aromatic N) is 2. The van der Waals surface area contributed by atoms with E-state index >= 15 is 0 Å². The Morgan fingerprint density at radius 3 is 2.74 bits per heavy atom. The van der Waals surface area contributed by atoms with Crippen LogP contribution in [0.2, 0.25) is 9.49 Å². The number of hydrogen-bond acceptors (Lipinski definition) is 4. The van der Waals surface area contributed by atoms with Crippen LogP contribution in [0.4, 0.5) is 5.82 Å². The van der Waals surface area contributed by atoms with Crippen LogP contribution in [0.15, 0.2) is 18.5 Å². The Morgan fingerprint density at radius 1 is 1.21 bits per heavy atom. The highest BCUT2D eigenvalue weighted by Gasteiger charge is 2.08. The van der Waals surface area contributed by atoms with Gasteiger partial charge in [0.05, 0.1) is 4.34 Å². The third kappa shape index (κ3) is 4.06. The average molecular weight is 316 g/mol. The van der Waals surface area contributed by atoms with Crippen LogP contribution in [0.25, 0.3) is 0 Å². The molecule has 0 saturated heterocycles. The summed E-state index contributed by atoms with van der Waals surface area (Å²) in [6, 6.07) is 3.97. The van der Waals surface area contributed by atoms with Crippen molar-refractivity contribution >= 4 is 40.4 Å². The van der Waals surface area contributed by atoms with Gasteiger partial charge in [-0.15, -0.1) is 11.3 Å². The van der Waals surface area contributed by atoms with E-state index in [0.29, 0.717) is 5.15 Å². The van der Waals surface area contributed by atoms with E-state index in [-0.39, 0.29) is 0 Å². The van der Waals surface area contributed by atoms with E-state index < -0.39 is 0 Å². The lowest BCUT2D eigenvalue weighted by atomic mass is 10.2. The molecule has 0 unspecified atom stereocenters. The molecule has 6 heteroatoms. The van der Waals surface area contributed by atoms with Crippen molar-refractivity contribution in [3.63, 3.8) is 0 Å². The number of rotatable bonds is 6. The van der Waals surface area contributed by atoms with Crippen molar-refractivity contribution in [3.05, 3.63) is 38.4 Å². The second-order valence-electron chi connectivity index (χ2n) is 4.12. The van der Waals surface area contributed by atoms with Crippen LogP contribution in [0.5, 0.6) is 0 Å². The number of anilines is 1. The Labute approximate surface area is 127 Å². The summed E-state index contributed by atoms with van der Waals surface area (Å²) in [5.74, 6) is 0.838. The molecule has 0 spiro atoms. The molecule has 0 aliphatic heterocycles. The minimum absolute atomic E-state index is 0.540. The predicted molar refractivity (Wildman–Crippen MR) is 82.6 cm³/mol. The minimum atomic E-state index is 0.540. The second kappa shape index (κ2) is 7.08. The molecular weight excluding hydrogens is 301 g/mol. The molecule has 0 aliphatic rings. The fraction of sp³-hybridized carbons (Fsp3) is 0.385. The number of hydrogen-bond donors (Lipinski definition) is 1. The third-order valence-corrected chi connectivity index (χ3v) is 4.30. The highest BCUT2D eigenvalue weighted by molar-refractivity contribution is 7.16. The highest BCUT2D eigenvalue weighted by atomic mass is 35.5. The molecule has 0 fully saturated rings. The molecule has 3 nitrogen and oxygen atoms in total. The molecule has 2 aromatic heterocycles. The van der Waals surface area contributed by atoms with Crippen LogP contribution in [0.3, 0.4) is 0 Å². The lowest BCUT2D eigenvalue weighted by molar-refractivity contribution is 0.894. The van der Waals surface area contributed by atoms with Gasteiger partial charge in [-0.3, -0.25) is 0 Å². The molecule has 2 heterocycles. The summed E-state index contributed by atoms with van der Waals surface area (Å²) in [5.41, 5.74) is 0.996. The number of nitrogens with one attached hydrogen (secondary N) is 1. The van der Waals surface area contributed by atoms with Gasteiger partial charge < -0.3 is 5.32 Å². The van der Waals surface area contributed by atoms with Crippen molar-refractivity contribution in [3.8, 4) is 0 Å². The lowest BCUT2D eigenvalue weighted by Crippen LogP contribution is -2.09. The van der Waals surface area contributed by atoms with E-state index in [1.807, 2.05) is 6.07 Å². The maximum atomic E-state index is 6.10. The zero-order valence-corrected chi connectivity index (χ0v) is 12.9. The quantitative estimate of drug-likeness (QED) is 0.800. The standard InChI is InChI=1S/C13H15Cl2N3S/c1-2-3-10-12(15)17-8-18-13(10)16-7-6-9-4-5-11(14)19-9/h4-5,8H,2-3,6-7H2,1H3,(H,16,17,18). The van der Waals surface area contributed by atoms with Gasteiger partial charge >= 0.3 is 0 Å². The Hall–Kier alpha value is -0.840. The van der Waals surface area contributed by atoms with Crippen molar-refractivity contribution in [1.29, 1.82) is 0 Å². The van der Waals surface area contributed by atoms with E-state index in [0.717, 1.165) is 41.5 Å². The van der Waals surface area contributed by atoms with Crippen molar-refractivity contribution < 1.29 is 0 Å². The topological polar surface area (TPSA) is 37.8 Å². The van der Waals surface area contributed by atoms with E-state index in [1.54, 1.807) is 11.3 Å². The molecule has 0 aliphatic carbocycles. The van der Waals surface area contributed by atoms with Crippen molar-refractivity contribution in [2.75, 3.05) is 11.9 Å². The first-order valence-corrected chi connectivity index (χ1v) is 7.75. The maximum absolute atomic E-state index is 6.10. The lowest BCUT2D eigenvalue weighted by Gasteiger charge is -2.10. The SMILES string of the molecule is CCCc1c(Cl)ncnc1NCCc1ccc(Cl)s1. The van der Waals surface area contributed by atoms with Gasteiger partial charge in [0.15, 0.2) is 0 Å². The molecule has 0 saturated carbocycles. The highest BCUT2D eigenvalue weighted by Crippen LogP contribution is 2.23. The fourth-order valence-corrected chi connectivity index (χ4v) is 3.12. The van der Waals surface area contributed by atoms with E-state index in [4.69, 9.17) is 23.2 Å². The second-order valence-corrected chi connectivity index (χ2v) is 6.28. The van der Waals surface area contributed by atoms with Crippen molar-refractivity contribution in [1.82, 2.24) is 9.97 Å². The molecule has 2 rings (SSSR count). The van der Waals surface area contributed by atoms with Crippen LogP contribution >= 0.6 is 34.5 Å². The minimum Gasteiger partial charge on any atom is -0.369 e. The fourth-order valence-electron chi connectivity index (χ4n) is 1.80. The van der Waals surface area contributed by atoms with Gasteiger partial charge in [0, 0.05) is 17.0 Å². The Morgan fingerprint density at radius 2 is 2.05 bits per heavy atom. The number of aromatic nitrogens is 2. The zero-order chi connectivity index (χ0) is 13.7. The molecule has 0 bridgehead atoms. The van der Waals surface area contributed by atoms with Crippen LogP contribution in [-0.4, -0.2) is 16.5 Å². The first kappa shape index (κ1) is 14.6. The van der Waals surface area contributed by atoms with E-state index in [9.17, 15) is 0 Å². The predicted octanol–water partition coefficient (Wildman–Crippen LogP) is 4.45. The summed E-state index contributed by atoms with van der Waals surface area (Å²) in [5, 5.41) is 3.86. The summed E-state index contributed by atoms with van der Waals surface area (Å²) < 4.78 is 0.826. The maximum Gasteiger partial charge on any atom is 0.137 e. The first-order valence-electron chi connectivity index (χ1n) is 6.18. The largest absolute Gasteiger partial charge is 0.369 e. The van der Waals surface area contributed by atoms with Gasteiger partial charge in [0.2, 0.25) is 0 Å². The summed E-state index contributed by atoms with van der Waals surface area (Å²) in [6.45, 7) is 2.92. The molecule has 19 heavy (non-hydrogen) atoms. The molecular formula is C13H15Cl2N3S. The third-order valence-electron chi connectivity index (χ3n) is 2.69. The molecule has 2 aromatic rings. The van der Waals surface area contributed by atoms with Crippen LogP contribution in [0.1, 0.15) is 23.8 Å². The van der Waals surface area contributed by atoms with Gasteiger partial charge in [-0.05, 0) is 25.0 Å². The van der Waals surface area contributed by atoms with Crippen molar-refractivity contribution in [2.45, 2.75) is 26.2 Å². The Kier molecular flexibility index (Phi) is 5.43. The summed E-state index contributed by atoms with van der Waals surface area (Å²) >= 11 is 13.6. The van der Waals surface area contributed by atoms with Gasteiger partial charge in [-0.25, -0.2) is 9.97 Å². The molecule has 0 radical (unpaired) electrons. The zero-order valence-electron chi connectivity index (χ0n) is 10.6. The molecule has 0 amide bonds. The summed E-state index contributed by atoms with van der Waals surface area (Å²) in [7, 11) is 0. The molecule has 1 N–H and O–H groups in total. The van der Waals surface area contributed by atoms with E-state index in [1.165, 1.54) is 11.2 Å². The average Bonchev–Trinajstić information content (AvgIpc) is 2.79.